The fourth-order valence-electron chi connectivity index (χ4n) is 5.56. The highest BCUT2D eigenvalue weighted by atomic mass is 16.5. The van der Waals surface area contributed by atoms with E-state index in [1.165, 1.54) is 0 Å². The third-order valence-corrected chi connectivity index (χ3v) is 8.13. The van der Waals surface area contributed by atoms with E-state index in [-0.39, 0.29) is 38.4 Å². The summed E-state index contributed by atoms with van der Waals surface area (Å²) >= 11 is 0. The Balaban J connectivity index is 1.16. The Morgan fingerprint density at radius 3 is 1.90 bits per heavy atom. The number of pyridine rings is 1. The van der Waals surface area contributed by atoms with Crippen molar-refractivity contribution in [3.63, 3.8) is 0 Å². The van der Waals surface area contributed by atoms with Crippen LogP contribution in [0.1, 0.15) is 45.7 Å². The zero-order chi connectivity index (χ0) is 33.8. The van der Waals surface area contributed by atoms with Gasteiger partial charge in [0.1, 0.15) is 31.6 Å². The second-order valence-corrected chi connectivity index (χ2v) is 11.6. The largest absolute Gasteiger partial charge is 0.461 e. The van der Waals surface area contributed by atoms with Crippen molar-refractivity contribution < 1.29 is 28.6 Å². The maximum Gasteiger partial charge on any atom is 0.357 e. The molecule has 0 aliphatic rings. The molecule has 49 heavy (non-hydrogen) atoms. The molecule has 0 saturated carbocycles. The second-order valence-electron chi connectivity index (χ2n) is 11.6. The maximum absolute atomic E-state index is 13.3. The highest BCUT2D eigenvalue weighted by molar-refractivity contribution is 6.09. The van der Waals surface area contributed by atoms with Crippen LogP contribution in [0, 0.1) is 0 Å². The maximum atomic E-state index is 13.3. The number of aromatic nitrogens is 2. The Hall–Kier alpha value is -5.80. The van der Waals surface area contributed by atoms with Crippen molar-refractivity contribution in [2.75, 3.05) is 6.54 Å². The Labute approximate surface area is 284 Å². The topological polar surface area (TPSA) is 120 Å². The van der Waals surface area contributed by atoms with Crippen LogP contribution >= 0.6 is 0 Å². The van der Waals surface area contributed by atoms with Crippen molar-refractivity contribution >= 4 is 39.7 Å². The van der Waals surface area contributed by atoms with Gasteiger partial charge in [-0.2, -0.15) is 0 Å². The Morgan fingerprint density at radius 1 is 0.673 bits per heavy atom. The molecule has 9 heteroatoms. The van der Waals surface area contributed by atoms with Gasteiger partial charge in [-0.15, -0.1) is 0 Å². The summed E-state index contributed by atoms with van der Waals surface area (Å²) < 4.78 is 16.7. The molecule has 1 atom stereocenters. The van der Waals surface area contributed by atoms with E-state index in [9.17, 15) is 14.4 Å². The van der Waals surface area contributed by atoms with Gasteiger partial charge in [0.05, 0.1) is 11.2 Å². The van der Waals surface area contributed by atoms with Gasteiger partial charge in [0.15, 0.2) is 0 Å². The lowest BCUT2D eigenvalue weighted by atomic mass is 10.1. The molecule has 2 heterocycles. The van der Waals surface area contributed by atoms with Gasteiger partial charge in [0.2, 0.25) is 0 Å². The zero-order valence-corrected chi connectivity index (χ0v) is 27.0. The predicted octanol–water partition coefficient (Wildman–Crippen LogP) is 6.84. The van der Waals surface area contributed by atoms with Crippen LogP contribution in [-0.4, -0.2) is 40.5 Å². The Kier molecular flexibility index (Phi) is 11.0. The zero-order valence-electron chi connectivity index (χ0n) is 27.0. The van der Waals surface area contributed by atoms with Crippen LogP contribution in [0.2, 0.25) is 0 Å². The first kappa shape index (κ1) is 33.1. The molecule has 0 spiro atoms. The van der Waals surface area contributed by atoms with E-state index in [1.54, 1.807) is 6.07 Å². The number of fused-ring (bicyclic) bond motifs is 3. The highest BCUT2D eigenvalue weighted by Crippen LogP contribution is 2.28. The highest BCUT2D eigenvalue weighted by Gasteiger charge is 2.23. The molecule has 6 rings (SSSR count). The minimum Gasteiger partial charge on any atom is -0.461 e. The van der Waals surface area contributed by atoms with Gasteiger partial charge in [-0.05, 0) is 35.2 Å². The summed E-state index contributed by atoms with van der Waals surface area (Å²) in [7, 11) is 0. The number of para-hydroxylation sites is 1. The van der Waals surface area contributed by atoms with Gasteiger partial charge in [-0.25, -0.2) is 9.78 Å². The molecule has 2 aromatic heterocycles. The summed E-state index contributed by atoms with van der Waals surface area (Å²) in [5, 5.41) is 5.09. The van der Waals surface area contributed by atoms with Crippen LogP contribution in [0.5, 0.6) is 0 Å². The van der Waals surface area contributed by atoms with Crippen LogP contribution in [0.15, 0.2) is 121 Å². The number of carbonyl (C=O) groups excluding carboxylic acids is 3. The van der Waals surface area contributed by atoms with Crippen LogP contribution in [0.25, 0.3) is 21.8 Å². The first-order chi connectivity index (χ1) is 24.0. The van der Waals surface area contributed by atoms with Crippen LogP contribution in [0.3, 0.4) is 0 Å². The molecule has 0 aliphatic heterocycles. The van der Waals surface area contributed by atoms with Crippen molar-refractivity contribution in [1.82, 2.24) is 15.3 Å². The molecule has 0 radical (unpaired) electrons. The van der Waals surface area contributed by atoms with E-state index in [2.05, 4.69) is 10.3 Å². The summed E-state index contributed by atoms with van der Waals surface area (Å²) in [6, 6.07) is 37.2. The molecule has 4 aromatic carbocycles. The summed E-state index contributed by atoms with van der Waals surface area (Å²) in [4.78, 5) is 47.3. The van der Waals surface area contributed by atoms with E-state index < -0.39 is 23.9 Å². The first-order valence-corrected chi connectivity index (χ1v) is 16.3. The second kappa shape index (κ2) is 16.3. The van der Waals surface area contributed by atoms with Gasteiger partial charge < -0.3 is 24.5 Å². The number of hydrogen-bond donors (Lipinski definition) is 2. The molecule has 0 unspecified atom stereocenters. The predicted molar refractivity (Wildman–Crippen MR) is 186 cm³/mol. The van der Waals surface area contributed by atoms with Gasteiger partial charge >= 0.3 is 17.9 Å². The van der Waals surface area contributed by atoms with Crippen LogP contribution in [0.4, 0.5) is 0 Å². The SMILES string of the molecule is O=C(CC[C@H](NCCc1nc(C(=O)OCc2ccccc2)cc2c1[nH]c1ccccc12)C(=O)OCc1ccccc1)OCc1ccccc1. The quantitative estimate of drug-likeness (QED) is 0.0912. The molecule has 0 aliphatic carbocycles. The lowest BCUT2D eigenvalue weighted by molar-refractivity contribution is -0.149. The number of aromatic amines is 1. The first-order valence-electron chi connectivity index (χ1n) is 16.3. The third kappa shape index (κ3) is 8.97. The summed E-state index contributed by atoms with van der Waals surface area (Å²) in [6.45, 7) is 0.724. The molecular formula is C40H37N3O6. The molecular weight excluding hydrogens is 618 g/mol. The Bertz CT molecular complexity index is 2010. The average molecular weight is 656 g/mol. The lowest BCUT2D eigenvalue weighted by Gasteiger charge is -2.18. The number of nitrogens with one attached hydrogen (secondary N) is 2. The van der Waals surface area contributed by atoms with Crippen LogP contribution < -0.4 is 5.32 Å². The number of esters is 3. The summed E-state index contributed by atoms with van der Waals surface area (Å²) in [5.41, 5.74) is 5.18. The molecule has 0 bridgehead atoms. The molecule has 9 nitrogen and oxygen atoms in total. The molecule has 0 amide bonds. The normalized spacial score (nSPS) is 11.7. The van der Waals surface area contributed by atoms with Gasteiger partial charge in [0.25, 0.3) is 0 Å². The number of carbonyl (C=O) groups is 3. The minimum atomic E-state index is -0.773. The summed E-state index contributed by atoms with van der Waals surface area (Å²) in [6.07, 6.45) is 0.588. The minimum absolute atomic E-state index is 0.0260. The standard InChI is InChI=1S/C40H37N3O6/c44-37(47-25-28-12-4-1-5-13-28)21-20-35(39(45)48-26-29-14-6-2-7-15-29)41-23-22-34-38-32(31-18-10-11-19-33(31)43-38)24-36(42-34)40(46)49-27-30-16-8-3-9-17-30/h1-19,24,35,41,43H,20-23,25-27H2/t35-/m0/s1. The molecule has 0 fully saturated rings. The Morgan fingerprint density at radius 2 is 1.24 bits per heavy atom. The number of H-pyrrole nitrogens is 1. The van der Waals surface area contributed by atoms with E-state index in [1.807, 2.05) is 115 Å². The average Bonchev–Trinajstić information content (AvgIpc) is 3.53. The molecule has 248 valence electrons. The number of ether oxygens (including phenoxy) is 3. The molecule has 2 N–H and O–H groups in total. The van der Waals surface area contributed by atoms with E-state index in [0.29, 0.717) is 18.7 Å². The molecule has 0 saturated heterocycles. The van der Waals surface area contributed by atoms with Crippen molar-refractivity contribution in [1.29, 1.82) is 0 Å². The third-order valence-electron chi connectivity index (χ3n) is 8.13. The molecule has 6 aromatic rings. The fraction of sp³-hybridized carbons (Fsp3) is 0.200. The lowest BCUT2D eigenvalue weighted by Crippen LogP contribution is -2.39. The van der Waals surface area contributed by atoms with E-state index in [4.69, 9.17) is 19.2 Å². The van der Waals surface area contributed by atoms with Gasteiger partial charge in [-0.1, -0.05) is 109 Å². The van der Waals surface area contributed by atoms with Crippen molar-refractivity contribution in [3.05, 3.63) is 149 Å². The number of benzene rings is 4. The van der Waals surface area contributed by atoms with Crippen LogP contribution in [-0.2, 0) is 50.0 Å². The van der Waals surface area contributed by atoms with Crippen molar-refractivity contribution in [2.45, 2.75) is 45.1 Å². The van der Waals surface area contributed by atoms with Gasteiger partial charge in [-0.3, -0.25) is 9.59 Å². The van der Waals surface area contributed by atoms with Gasteiger partial charge in [0, 0.05) is 35.7 Å². The van der Waals surface area contributed by atoms with E-state index in [0.717, 1.165) is 38.5 Å². The van der Waals surface area contributed by atoms with Crippen molar-refractivity contribution in [2.24, 2.45) is 0 Å². The van der Waals surface area contributed by atoms with E-state index >= 15 is 0 Å². The van der Waals surface area contributed by atoms with Crippen molar-refractivity contribution in [3.8, 4) is 0 Å². The fourth-order valence-corrected chi connectivity index (χ4v) is 5.56. The number of nitrogens with zero attached hydrogens (tertiary/aromatic N) is 1. The number of rotatable bonds is 15. The smallest absolute Gasteiger partial charge is 0.357 e. The monoisotopic (exact) mass is 655 g/mol. The number of hydrogen-bond acceptors (Lipinski definition) is 8. The summed E-state index contributed by atoms with van der Waals surface area (Å²) in [5.74, 6) is -1.40.